The molecule has 0 bridgehead atoms. The van der Waals surface area contributed by atoms with Gasteiger partial charge in [-0.05, 0) is 50.4 Å². The van der Waals surface area contributed by atoms with Crippen LogP contribution in [0.15, 0.2) is 24.3 Å². The molecule has 1 aliphatic rings. The summed E-state index contributed by atoms with van der Waals surface area (Å²) in [5.41, 5.74) is 1.28. The van der Waals surface area contributed by atoms with Gasteiger partial charge in [-0.3, -0.25) is 0 Å². The minimum absolute atomic E-state index is 0.369. The van der Waals surface area contributed by atoms with Crippen LogP contribution >= 0.6 is 11.6 Å². The summed E-state index contributed by atoms with van der Waals surface area (Å²) in [6.45, 7) is 4.13. The van der Waals surface area contributed by atoms with Crippen LogP contribution < -0.4 is 5.32 Å². The van der Waals surface area contributed by atoms with E-state index >= 15 is 0 Å². The highest BCUT2D eigenvalue weighted by Crippen LogP contribution is 2.17. The molecule has 1 unspecified atom stereocenters. The fraction of sp³-hybridized carbons (Fsp3) is 0.571. The number of halogens is 1. The summed E-state index contributed by atoms with van der Waals surface area (Å²) in [6.07, 6.45) is 4.02. The van der Waals surface area contributed by atoms with E-state index in [1.165, 1.54) is 18.4 Å². The van der Waals surface area contributed by atoms with E-state index in [-0.39, 0.29) is 0 Å². The van der Waals surface area contributed by atoms with Crippen molar-refractivity contribution in [2.45, 2.75) is 38.3 Å². The monoisotopic (exact) mass is 253 g/mol. The summed E-state index contributed by atoms with van der Waals surface area (Å²) in [5.74, 6) is 0. The van der Waals surface area contributed by atoms with Gasteiger partial charge in [0.15, 0.2) is 0 Å². The molecule has 2 atom stereocenters. The lowest BCUT2D eigenvalue weighted by atomic mass is 10.1. The second-order valence-electron chi connectivity index (χ2n) is 4.65. The fourth-order valence-electron chi connectivity index (χ4n) is 2.20. The van der Waals surface area contributed by atoms with Gasteiger partial charge in [-0.25, -0.2) is 0 Å². The van der Waals surface area contributed by atoms with E-state index < -0.39 is 0 Å². The average molecular weight is 254 g/mol. The van der Waals surface area contributed by atoms with Crippen LogP contribution in [-0.4, -0.2) is 19.3 Å². The molecule has 1 N–H and O–H groups in total. The third-order valence-corrected chi connectivity index (χ3v) is 3.56. The molecule has 0 saturated carbocycles. The quantitative estimate of drug-likeness (QED) is 0.866. The third-order valence-electron chi connectivity index (χ3n) is 3.31. The molecule has 94 valence electrons. The van der Waals surface area contributed by atoms with Crippen LogP contribution in [-0.2, 0) is 4.74 Å². The maximum atomic E-state index is 5.87. The van der Waals surface area contributed by atoms with Gasteiger partial charge in [0.2, 0.25) is 0 Å². The predicted octanol–water partition coefficient (Wildman–Crippen LogP) is 3.56. The molecule has 3 heteroatoms. The molecule has 2 nitrogen and oxygen atoms in total. The van der Waals surface area contributed by atoms with E-state index in [0.29, 0.717) is 12.1 Å². The molecule has 0 aromatic heterocycles. The van der Waals surface area contributed by atoms with Gasteiger partial charge in [-0.1, -0.05) is 23.7 Å². The van der Waals surface area contributed by atoms with Crippen molar-refractivity contribution in [3.63, 3.8) is 0 Å². The van der Waals surface area contributed by atoms with Crippen molar-refractivity contribution in [1.29, 1.82) is 0 Å². The van der Waals surface area contributed by atoms with E-state index in [2.05, 4.69) is 24.4 Å². The number of nitrogens with one attached hydrogen (secondary N) is 1. The van der Waals surface area contributed by atoms with Crippen LogP contribution in [0, 0.1) is 0 Å². The Morgan fingerprint density at radius 1 is 1.41 bits per heavy atom. The Labute approximate surface area is 108 Å². The molecule has 0 radical (unpaired) electrons. The number of hydrogen-bond donors (Lipinski definition) is 1. The molecule has 1 heterocycles. The topological polar surface area (TPSA) is 21.3 Å². The van der Waals surface area contributed by atoms with Crippen molar-refractivity contribution in [3.8, 4) is 0 Å². The van der Waals surface area contributed by atoms with Gasteiger partial charge < -0.3 is 10.1 Å². The zero-order valence-corrected chi connectivity index (χ0v) is 11.0. The lowest BCUT2D eigenvalue weighted by molar-refractivity contribution is 0.103. The highest BCUT2D eigenvalue weighted by molar-refractivity contribution is 6.30. The van der Waals surface area contributed by atoms with E-state index in [1.54, 1.807) is 0 Å². The molecule has 1 aliphatic heterocycles. The summed E-state index contributed by atoms with van der Waals surface area (Å²) < 4.78 is 5.60. The Hall–Kier alpha value is -0.570. The lowest BCUT2D eigenvalue weighted by Crippen LogP contribution is -2.23. The molecule has 0 aliphatic carbocycles. The number of ether oxygens (including phenoxy) is 1. The van der Waals surface area contributed by atoms with Crippen LogP contribution in [0.1, 0.15) is 37.8 Å². The standard InChI is InChI=1S/C14H20ClNO/c1-11(12-4-6-13(15)7-5-12)16-9-8-14-3-2-10-17-14/h4-7,11,14,16H,2-3,8-10H2,1H3/t11-,14?/m1/s1. The zero-order chi connectivity index (χ0) is 12.1. The van der Waals surface area contributed by atoms with E-state index in [9.17, 15) is 0 Å². The van der Waals surface area contributed by atoms with Crippen LogP contribution in [0.3, 0.4) is 0 Å². The van der Waals surface area contributed by atoms with Crippen molar-refractivity contribution in [3.05, 3.63) is 34.9 Å². The molecular formula is C14H20ClNO. The van der Waals surface area contributed by atoms with Crippen molar-refractivity contribution in [2.75, 3.05) is 13.2 Å². The molecule has 1 saturated heterocycles. The molecule has 17 heavy (non-hydrogen) atoms. The molecule has 2 rings (SSSR count). The van der Waals surface area contributed by atoms with Gasteiger partial charge in [0.25, 0.3) is 0 Å². The maximum absolute atomic E-state index is 5.87. The Bertz CT molecular complexity index is 333. The first-order chi connectivity index (χ1) is 8.25. The summed E-state index contributed by atoms with van der Waals surface area (Å²) >= 11 is 5.87. The van der Waals surface area contributed by atoms with Crippen molar-refractivity contribution >= 4 is 11.6 Å². The molecule has 0 amide bonds. The fourth-order valence-corrected chi connectivity index (χ4v) is 2.33. The largest absolute Gasteiger partial charge is 0.378 e. The maximum Gasteiger partial charge on any atom is 0.0588 e. The van der Waals surface area contributed by atoms with Crippen LogP contribution in [0.4, 0.5) is 0 Å². The van der Waals surface area contributed by atoms with E-state index in [4.69, 9.17) is 16.3 Å². The first-order valence-corrected chi connectivity index (χ1v) is 6.74. The Balaban J connectivity index is 1.72. The van der Waals surface area contributed by atoms with Gasteiger partial charge >= 0.3 is 0 Å². The van der Waals surface area contributed by atoms with Gasteiger partial charge in [-0.15, -0.1) is 0 Å². The Kier molecular flexibility index (Phi) is 4.84. The number of hydrogen-bond acceptors (Lipinski definition) is 2. The number of benzene rings is 1. The first kappa shape index (κ1) is 12.9. The van der Waals surface area contributed by atoms with E-state index in [0.717, 1.165) is 24.6 Å². The van der Waals surface area contributed by atoms with Gasteiger partial charge in [0, 0.05) is 17.7 Å². The van der Waals surface area contributed by atoms with Crippen molar-refractivity contribution in [2.24, 2.45) is 0 Å². The molecule has 0 spiro atoms. The smallest absolute Gasteiger partial charge is 0.0588 e. The predicted molar refractivity (Wildman–Crippen MR) is 71.5 cm³/mol. The Morgan fingerprint density at radius 3 is 2.82 bits per heavy atom. The average Bonchev–Trinajstić information content (AvgIpc) is 2.83. The number of rotatable bonds is 5. The molecule has 1 aromatic carbocycles. The molecule has 1 fully saturated rings. The summed E-state index contributed by atoms with van der Waals surface area (Å²) in [4.78, 5) is 0. The van der Waals surface area contributed by atoms with Crippen LogP contribution in [0.5, 0.6) is 0 Å². The highest BCUT2D eigenvalue weighted by Gasteiger charge is 2.15. The molecule has 1 aromatic rings. The Morgan fingerprint density at radius 2 is 2.18 bits per heavy atom. The van der Waals surface area contributed by atoms with Gasteiger partial charge in [0.05, 0.1) is 6.10 Å². The van der Waals surface area contributed by atoms with Crippen molar-refractivity contribution in [1.82, 2.24) is 5.32 Å². The van der Waals surface area contributed by atoms with Crippen LogP contribution in [0.25, 0.3) is 0 Å². The summed E-state index contributed by atoms with van der Waals surface area (Å²) in [5, 5.41) is 4.31. The second-order valence-corrected chi connectivity index (χ2v) is 5.09. The summed E-state index contributed by atoms with van der Waals surface area (Å²) in [6, 6.07) is 8.40. The third kappa shape index (κ3) is 3.98. The summed E-state index contributed by atoms with van der Waals surface area (Å²) in [7, 11) is 0. The first-order valence-electron chi connectivity index (χ1n) is 6.36. The van der Waals surface area contributed by atoms with Gasteiger partial charge in [-0.2, -0.15) is 0 Å². The second kappa shape index (κ2) is 6.39. The zero-order valence-electron chi connectivity index (χ0n) is 10.3. The van der Waals surface area contributed by atoms with E-state index in [1.807, 2.05) is 12.1 Å². The molecular weight excluding hydrogens is 234 g/mol. The SMILES string of the molecule is C[C@@H](NCCC1CCCO1)c1ccc(Cl)cc1. The van der Waals surface area contributed by atoms with Gasteiger partial charge in [0.1, 0.15) is 0 Å². The van der Waals surface area contributed by atoms with Crippen molar-refractivity contribution < 1.29 is 4.74 Å². The highest BCUT2D eigenvalue weighted by atomic mass is 35.5. The minimum Gasteiger partial charge on any atom is -0.378 e. The lowest BCUT2D eigenvalue weighted by Gasteiger charge is -2.16. The van der Waals surface area contributed by atoms with Crippen LogP contribution in [0.2, 0.25) is 5.02 Å². The minimum atomic E-state index is 0.369. The normalized spacial score (nSPS) is 21.6.